The molecule has 3 rings (SSSR count). The van der Waals surface area contributed by atoms with E-state index in [4.69, 9.17) is 0 Å². The number of rotatable bonds is 4. The number of carbonyl (C=O) groups excluding carboxylic acids is 1. The highest BCUT2D eigenvalue weighted by atomic mass is 32.1. The highest BCUT2D eigenvalue weighted by molar-refractivity contribution is 7.07. The zero-order chi connectivity index (χ0) is 15.5. The van der Waals surface area contributed by atoms with Crippen LogP contribution in [0.5, 0.6) is 0 Å². The standard InChI is InChI=1S/C16H22N4OS/c1-13-9-14(2)20(17-13)11-16(21)19-6-4-18(5-7-19)10-15-3-8-22-12-15/h3,8-9,12H,4-7,10-11H2,1-2H3. The fourth-order valence-electron chi connectivity index (χ4n) is 2.86. The van der Waals surface area contributed by atoms with Gasteiger partial charge in [-0.2, -0.15) is 16.4 Å². The van der Waals surface area contributed by atoms with E-state index in [1.54, 1.807) is 16.0 Å². The lowest BCUT2D eigenvalue weighted by molar-refractivity contribution is -0.133. The van der Waals surface area contributed by atoms with Crippen molar-refractivity contribution in [1.29, 1.82) is 0 Å². The molecule has 0 aromatic carbocycles. The second-order valence-electron chi connectivity index (χ2n) is 5.87. The van der Waals surface area contributed by atoms with Gasteiger partial charge in [0.25, 0.3) is 0 Å². The van der Waals surface area contributed by atoms with Crippen molar-refractivity contribution in [2.75, 3.05) is 26.2 Å². The quantitative estimate of drug-likeness (QED) is 0.865. The number of thiophene rings is 1. The van der Waals surface area contributed by atoms with Crippen LogP contribution < -0.4 is 0 Å². The number of amides is 1. The van der Waals surface area contributed by atoms with Gasteiger partial charge >= 0.3 is 0 Å². The summed E-state index contributed by atoms with van der Waals surface area (Å²) in [5.41, 5.74) is 3.38. The van der Waals surface area contributed by atoms with E-state index in [2.05, 4.69) is 26.8 Å². The van der Waals surface area contributed by atoms with E-state index in [1.165, 1.54) is 5.56 Å². The molecule has 0 saturated carbocycles. The SMILES string of the molecule is Cc1cc(C)n(CC(=O)N2CCN(Cc3ccsc3)CC2)n1. The molecule has 0 bridgehead atoms. The van der Waals surface area contributed by atoms with Crippen LogP contribution in [-0.4, -0.2) is 51.7 Å². The largest absolute Gasteiger partial charge is 0.339 e. The van der Waals surface area contributed by atoms with Crippen molar-refractivity contribution in [2.45, 2.75) is 26.9 Å². The summed E-state index contributed by atoms with van der Waals surface area (Å²) in [6.45, 7) is 8.79. The van der Waals surface area contributed by atoms with Gasteiger partial charge < -0.3 is 4.90 Å². The first-order valence-electron chi connectivity index (χ1n) is 7.64. The maximum Gasteiger partial charge on any atom is 0.244 e. The summed E-state index contributed by atoms with van der Waals surface area (Å²) in [6, 6.07) is 4.18. The number of carbonyl (C=O) groups is 1. The van der Waals surface area contributed by atoms with E-state index in [1.807, 2.05) is 24.8 Å². The minimum Gasteiger partial charge on any atom is -0.339 e. The predicted molar refractivity (Wildman–Crippen MR) is 87.9 cm³/mol. The molecule has 2 aromatic heterocycles. The number of aryl methyl sites for hydroxylation is 2. The van der Waals surface area contributed by atoms with Crippen LogP contribution in [0.1, 0.15) is 17.0 Å². The van der Waals surface area contributed by atoms with Gasteiger partial charge in [-0.05, 0) is 42.3 Å². The molecule has 1 fully saturated rings. The second-order valence-corrected chi connectivity index (χ2v) is 6.65. The smallest absolute Gasteiger partial charge is 0.244 e. The lowest BCUT2D eigenvalue weighted by Crippen LogP contribution is -2.49. The molecule has 1 amide bonds. The lowest BCUT2D eigenvalue weighted by Gasteiger charge is -2.34. The van der Waals surface area contributed by atoms with Crippen LogP contribution in [0.15, 0.2) is 22.9 Å². The first-order chi connectivity index (χ1) is 10.6. The Kier molecular flexibility index (Phi) is 4.59. The van der Waals surface area contributed by atoms with E-state index >= 15 is 0 Å². The van der Waals surface area contributed by atoms with Crippen molar-refractivity contribution in [3.05, 3.63) is 39.8 Å². The molecule has 22 heavy (non-hydrogen) atoms. The summed E-state index contributed by atoms with van der Waals surface area (Å²) in [7, 11) is 0. The normalized spacial score (nSPS) is 16.2. The highest BCUT2D eigenvalue weighted by Crippen LogP contribution is 2.12. The summed E-state index contributed by atoms with van der Waals surface area (Å²) < 4.78 is 1.80. The molecular formula is C16H22N4OS. The van der Waals surface area contributed by atoms with Gasteiger partial charge in [0.2, 0.25) is 5.91 Å². The zero-order valence-corrected chi connectivity index (χ0v) is 14.0. The molecule has 0 radical (unpaired) electrons. The molecule has 6 heteroatoms. The average molecular weight is 318 g/mol. The van der Waals surface area contributed by atoms with E-state index in [-0.39, 0.29) is 5.91 Å². The van der Waals surface area contributed by atoms with Crippen molar-refractivity contribution >= 4 is 17.2 Å². The molecule has 0 aliphatic carbocycles. The van der Waals surface area contributed by atoms with Crippen LogP contribution in [0.4, 0.5) is 0 Å². The molecule has 0 unspecified atom stereocenters. The molecule has 3 heterocycles. The van der Waals surface area contributed by atoms with E-state index < -0.39 is 0 Å². The van der Waals surface area contributed by atoms with Crippen molar-refractivity contribution < 1.29 is 4.79 Å². The Labute approximate surface area is 135 Å². The van der Waals surface area contributed by atoms with Crippen molar-refractivity contribution in [1.82, 2.24) is 19.6 Å². The van der Waals surface area contributed by atoms with Gasteiger partial charge in [0.1, 0.15) is 6.54 Å². The Balaban J connectivity index is 1.50. The lowest BCUT2D eigenvalue weighted by atomic mass is 10.2. The third-order valence-corrected chi connectivity index (χ3v) is 4.83. The minimum absolute atomic E-state index is 0.168. The monoisotopic (exact) mass is 318 g/mol. The second kappa shape index (κ2) is 6.62. The number of hydrogen-bond acceptors (Lipinski definition) is 4. The fraction of sp³-hybridized carbons (Fsp3) is 0.500. The van der Waals surface area contributed by atoms with Gasteiger partial charge in [0.15, 0.2) is 0 Å². The van der Waals surface area contributed by atoms with E-state index in [0.717, 1.165) is 44.1 Å². The third kappa shape index (κ3) is 3.56. The Bertz CT molecular complexity index is 627. The van der Waals surface area contributed by atoms with Crippen LogP contribution >= 0.6 is 11.3 Å². The predicted octanol–water partition coefficient (Wildman–Crippen LogP) is 1.91. The number of piperazine rings is 1. The summed E-state index contributed by atoms with van der Waals surface area (Å²) in [5.74, 6) is 0.168. The van der Waals surface area contributed by atoms with Crippen LogP contribution in [0.25, 0.3) is 0 Å². The molecule has 1 aliphatic rings. The Morgan fingerprint density at radius 2 is 2.05 bits per heavy atom. The van der Waals surface area contributed by atoms with Crippen molar-refractivity contribution in [3.63, 3.8) is 0 Å². The van der Waals surface area contributed by atoms with Crippen LogP contribution in [0.2, 0.25) is 0 Å². The fourth-order valence-corrected chi connectivity index (χ4v) is 3.52. The summed E-state index contributed by atoms with van der Waals surface area (Å²) in [4.78, 5) is 16.8. The summed E-state index contributed by atoms with van der Waals surface area (Å²) in [6.07, 6.45) is 0. The van der Waals surface area contributed by atoms with Crippen LogP contribution in [0, 0.1) is 13.8 Å². The molecule has 1 aliphatic heterocycles. The molecule has 1 saturated heterocycles. The Morgan fingerprint density at radius 3 is 2.64 bits per heavy atom. The van der Waals surface area contributed by atoms with Crippen molar-refractivity contribution in [2.24, 2.45) is 0 Å². The average Bonchev–Trinajstić information content (AvgIpc) is 3.10. The maximum absolute atomic E-state index is 12.4. The van der Waals surface area contributed by atoms with Gasteiger partial charge in [-0.1, -0.05) is 0 Å². The summed E-state index contributed by atoms with van der Waals surface area (Å²) >= 11 is 1.74. The number of aromatic nitrogens is 2. The molecule has 118 valence electrons. The summed E-state index contributed by atoms with van der Waals surface area (Å²) in [5, 5.41) is 8.68. The van der Waals surface area contributed by atoms with Crippen LogP contribution in [0.3, 0.4) is 0 Å². The molecular weight excluding hydrogens is 296 g/mol. The first-order valence-corrected chi connectivity index (χ1v) is 8.58. The number of hydrogen-bond donors (Lipinski definition) is 0. The van der Waals surface area contributed by atoms with Gasteiger partial charge in [-0.15, -0.1) is 0 Å². The van der Waals surface area contributed by atoms with E-state index in [0.29, 0.717) is 6.54 Å². The first kappa shape index (κ1) is 15.2. The molecule has 0 spiro atoms. The molecule has 0 N–H and O–H groups in total. The molecule has 2 aromatic rings. The molecule has 5 nitrogen and oxygen atoms in total. The topological polar surface area (TPSA) is 41.4 Å². The Hall–Kier alpha value is -1.66. The maximum atomic E-state index is 12.4. The van der Waals surface area contributed by atoms with Gasteiger partial charge in [0.05, 0.1) is 5.69 Å². The van der Waals surface area contributed by atoms with Gasteiger partial charge in [-0.3, -0.25) is 14.4 Å². The van der Waals surface area contributed by atoms with Gasteiger partial charge in [-0.25, -0.2) is 0 Å². The van der Waals surface area contributed by atoms with Crippen LogP contribution in [-0.2, 0) is 17.9 Å². The minimum atomic E-state index is 0.168. The van der Waals surface area contributed by atoms with E-state index in [9.17, 15) is 4.79 Å². The number of nitrogens with zero attached hydrogens (tertiary/aromatic N) is 4. The van der Waals surface area contributed by atoms with Crippen molar-refractivity contribution in [3.8, 4) is 0 Å². The molecule has 0 atom stereocenters. The highest BCUT2D eigenvalue weighted by Gasteiger charge is 2.21. The third-order valence-electron chi connectivity index (χ3n) is 4.10. The van der Waals surface area contributed by atoms with Gasteiger partial charge in [0, 0.05) is 38.4 Å². The Morgan fingerprint density at radius 1 is 1.27 bits per heavy atom. The zero-order valence-electron chi connectivity index (χ0n) is 13.2.